The number of rotatable bonds is 11. The van der Waals surface area contributed by atoms with Crippen molar-refractivity contribution in [3.05, 3.63) is 77.7 Å². The SMILES string of the molecule is COCCN(CC(=O)N(Cc1ccc2c(c1)OCO2)Cc1ccco1)S(=O)(=O)c1ccc(C(C)(C)C)cc1. The number of benzene rings is 2. The van der Waals surface area contributed by atoms with Crippen LogP contribution in [-0.2, 0) is 38.1 Å². The van der Waals surface area contributed by atoms with E-state index in [0.717, 1.165) is 11.1 Å². The van der Waals surface area contributed by atoms with Gasteiger partial charge in [-0.05, 0) is 52.9 Å². The van der Waals surface area contributed by atoms with Crippen LogP contribution in [0.3, 0.4) is 0 Å². The summed E-state index contributed by atoms with van der Waals surface area (Å²) in [6, 6.07) is 15.8. The summed E-state index contributed by atoms with van der Waals surface area (Å²) in [4.78, 5) is 15.3. The van der Waals surface area contributed by atoms with E-state index < -0.39 is 10.0 Å². The fourth-order valence-corrected chi connectivity index (χ4v) is 5.46. The van der Waals surface area contributed by atoms with E-state index in [2.05, 4.69) is 20.8 Å². The van der Waals surface area contributed by atoms with Crippen LogP contribution < -0.4 is 9.47 Å². The van der Waals surface area contributed by atoms with Crippen LogP contribution in [0.25, 0.3) is 0 Å². The Kier molecular flexibility index (Phi) is 8.44. The van der Waals surface area contributed by atoms with Crippen molar-refractivity contribution in [1.29, 1.82) is 0 Å². The number of amides is 1. The van der Waals surface area contributed by atoms with Crippen LogP contribution in [0.4, 0.5) is 0 Å². The fourth-order valence-electron chi connectivity index (χ4n) is 4.09. The number of sulfonamides is 1. The van der Waals surface area contributed by atoms with Crippen LogP contribution in [0.5, 0.6) is 11.5 Å². The smallest absolute Gasteiger partial charge is 0.243 e. The zero-order chi connectivity index (χ0) is 27.3. The molecule has 1 aliphatic heterocycles. The van der Waals surface area contributed by atoms with E-state index >= 15 is 0 Å². The number of ether oxygens (including phenoxy) is 3. The Hall–Kier alpha value is -3.34. The van der Waals surface area contributed by atoms with Gasteiger partial charge in [0.25, 0.3) is 0 Å². The Morgan fingerprint density at radius 3 is 2.39 bits per heavy atom. The van der Waals surface area contributed by atoms with Gasteiger partial charge in [0.15, 0.2) is 11.5 Å². The Morgan fingerprint density at radius 2 is 1.74 bits per heavy atom. The number of nitrogens with zero attached hydrogens (tertiary/aromatic N) is 2. The predicted molar refractivity (Wildman–Crippen MR) is 141 cm³/mol. The second kappa shape index (κ2) is 11.6. The molecule has 0 aliphatic carbocycles. The maximum absolute atomic E-state index is 13.6. The van der Waals surface area contributed by atoms with Gasteiger partial charge < -0.3 is 23.5 Å². The molecule has 0 fully saturated rings. The molecule has 204 valence electrons. The van der Waals surface area contributed by atoms with Crippen LogP contribution in [-0.4, -0.2) is 57.1 Å². The third-order valence-corrected chi connectivity index (χ3v) is 8.16. The van der Waals surface area contributed by atoms with Crippen molar-refractivity contribution < 1.29 is 31.8 Å². The molecule has 10 heteroatoms. The topological polar surface area (TPSA) is 98.5 Å². The molecule has 38 heavy (non-hydrogen) atoms. The molecule has 0 saturated heterocycles. The summed E-state index contributed by atoms with van der Waals surface area (Å²) in [6.07, 6.45) is 1.54. The molecule has 0 unspecified atom stereocenters. The summed E-state index contributed by atoms with van der Waals surface area (Å²) in [5.74, 6) is 1.47. The van der Waals surface area contributed by atoms with Crippen LogP contribution in [0.15, 0.2) is 70.2 Å². The summed E-state index contributed by atoms with van der Waals surface area (Å²) in [5, 5.41) is 0. The first-order valence-electron chi connectivity index (χ1n) is 12.4. The quantitative estimate of drug-likeness (QED) is 0.359. The number of furan rings is 1. The second-order valence-corrected chi connectivity index (χ2v) is 12.1. The lowest BCUT2D eigenvalue weighted by Crippen LogP contribution is -2.43. The first-order chi connectivity index (χ1) is 18.1. The minimum atomic E-state index is -3.96. The van der Waals surface area contributed by atoms with Gasteiger partial charge in [-0.2, -0.15) is 4.31 Å². The average Bonchev–Trinajstić information content (AvgIpc) is 3.57. The van der Waals surface area contributed by atoms with E-state index in [9.17, 15) is 13.2 Å². The monoisotopic (exact) mass is 542 g/mol. The van der Waals surface area contributed by atoms with Crippen molar-refractivity contribution in [1.82, 2.24) is 9.21 Å². The van der Waals surface area contributed by atoms with Crippen LogP contribution in [0, 0.1) is 0 Å². The zero-order valence-corrected chi connectivity index (χ0v) is 23.0. The van der Waals surface area contributed by atoms with Gasteiger partial charge in [-0.1, -0.05) is 39.0 Å². The van der Waals surface area contributed by atoms with Crippen LogP contribution in [0.2, 0.25) is 0 Å². The van der Waals surface area contributed by atoms with Crippen molar-refractivity contribution in [3.8, 4) is 11.5 Å². The van der Waals surface area contributed by atoms with E-state index in [1.807, 2.05) is 24.3 Å². The van der Waals surface area contributed by atoms with Crippen molar-refractivity contribution in [2.24, 2.45) is 0 Å². The zero-order valence-electron chi connectivity index (χ0n) is 22.2. The van der Waals surface area contributed by atoms with Crippen molar-refractivity contribution >= 4 is 15.9 Å². The van der Waals surface area contributed by atoms with Crippen molar-refractivity contribution in [2.45, 2.75) is 44.2 Å². The maximum Gasteiger partial charge on any atom is 0.243 e. The largest absolute Gasteiger partial charge is 0.467 e. The number of carbonyl (C=O) groups is 1. The standard InChI is InChI=1S/C28H34N2O7S/c1-28(2,3)22-8-10-24(11-9-22)38(32,33)30(13-15-34-4)19-27(31)29(18-23-6-5-14-35-23)17-21-7-12-25-26(16-21)37-20-36-25/h5-12,14,16H,13,15,17-20H2,1-4H3. The number of carbonyl (C=O) groups excluding carboxylic acids is 1. The number of fused-ring (bicyclic) bond motifs is 1. The van der Waals surface area contributed by atoms with Crippen molar-refractivity contribution in [3.63, 3.8) is 0 Å². The third-order valence-electron chi connectivity index (χ3n) is 6.30. The highest BCUT2D eigenvalue weighted by molar-refractivity contribution is 7.89. The highest BCUT2D eigenvalue weighted by Gasteiger charge is 2.29. The minimum Gasteiger partial charge on any atom is -0.467 e. The predicted octanol–water partition coefficient (Wildman–Crippen LogP) is 4.17. The molecule has 1 aromatic heterocycles. The Bertz CT molecular complexity index is 1330. The van der Waals surface area contributed by atoms with Gasteiger partial charge in [-0.3, -0.25) is 4.79 Å². The summed E-state index contributed by atoms with van der Waals surface area (Å²) < 4.78 is 49.9. The maximum atomic E-state index is 13.6. The first-order valence-corrected chi connectivity index (χ1v) is 13.8. The van der Waals surface area contributed by atoms with E-state index in [1.54, 1.807) is 35.2 Å². The van der Waals surface area contributed by atoms with Crippen LogP contribution in [0.1, 0.15) is 37.7 Å². The average molecular weight is 543 g/mol. The van der Waals surface area contributed by atoms with Crippen LogP contribution >= 0.6 is 0 Å². The van der Waals surface area contributed by atoms with Crippen molar-refractivity contribution in [2.75, 3.05) is 33.6 Å². The fraction of sp³-hybridized carbons (Fsp3) is 0.393. The minimum absolute atomic E-state index is 0.0320. The van der Waals surface area contributed by atoms with Gasteiger partial charge in [0.2, 0.25) is 22.7 Å². The Morgan fingerprint density at radius 1 is 1.00 bits per heavy atom. The van der Waals surface area contributed by atoms with E-state index in [1.165, 1.54) is 17.7 Å². The molecule has 0 atom stereocenters. The van der Waals surface area contributed by atoms with Gasteiger partial charge in [0.05, 0.1) is 30.9 Å². The number of methoxy groups -OCH3 is 1. The Labute approximate surface area is 223 Å². The Balaban J connectivity index is 1.58. The van der Waals surface area contributed by atoms with Gasteiger partial charge in [0.1, 0.15) is 5.76 Å². The lowest BCUT2D eigenvalue weighted by atomic mass is 9.87. The molecule has 2 aromatic carbocycles. The number of hydrogen-bond acceptors (Lipinski definition) is 7. The molecule has 9 nitrogen and oxygen atoms in total. The summed E-state index contributed by atoms with van der Waals surface area (Å²) in [6.45, 7) is 6.58. The van der Waals surface area contributed by atoms with E-state index in [-0.39, 0.29) is 55.8 Å². The summed E-state index contributed by atoms with van der Waals surface area (Å²) in [5.41, 5.74) is 1.72. The van der Waals surface area contributed by atoms with Gasteiger partial charge in [0, 0.05) is 20.2 Å². The molecule has 4 rings (SSSR count). The molecule has 1 amide bonds. The lowest BCUT2D eigenvalue weighted by Gasteiger charge is -2.27. The van der Waals surface area contributed by atoms with E-state index in [0.29, 0.717) is 17.3 Å². The number of hydrogen-bond donors (Lipinski definition) is 0. The molecule has 0 spiro atoms. The highest BCUT2D eigenvalue weighted by Crippen LogP contribution is 2.33. The summed E-state index contributed by atoms with van der Waals surface area (Å²) in [7, 11) is -2.47. The molecule has 0 radical (unpaired) electrons. The molecule has 3 aromatic rings. The molecular formula is C28H34N2O7S. The van der Waals surface area contributed by atoms with Gasteiger partial charge in [-0.25, -0.2) is 8.42 Å². The molecular weight excluding hydrogens is 508 g/mol. The highest BCUT2D eigenvalue weighted by atomic mass is 32.2. The molecule has 0 bridgehead atoms. The molecule has 1 aliphatic rings. The third kappa shape index (κ3) is 6.56. The molecule has 0 saturated carbocycles. The lowest BCUT2D eigenvalue weighted by molar-refractivity contribution is -0.133. The normalized spacial score (nSPS) is 13.2. The van der Waals surface area contributed by atoms with Gasteiger partial charge in [-0.15, -0.1) is 0 Å². The summed E-state index contributed by atoms with van der Waals surface area (Å²) >= 11 is 0. The molecule has 0 N–H and O–H groups in total. The second-order valence-electron chi connectivity index (χ2n) is 10.1. The molecule has 2 heterocycles. The first kappa shape index (κ1) is 27.7. The van der Waals surface area contributed by atoms with Gasteiger partial charge >= 0.3 is 0 Å². The van der Waals surface area contributed by atoms with E-state index in [4.69, 9.17) is 18.6 Å².